The maximum Gasteiger partial charge on any atom is 0.251 e. The van der Waals surface area contributed by atoms with Gasteiger partial charge in [0, 0.05) is 17.8 Å². The van der Waals surface area contributed by atoms with Gasteiger partial charge in [0.15, 0.2) is 0 Å². The molecule has 1 amide bonds. The Balaban J connectivity index is 1.49. The van der Waals surface area contributed by atoms with Crippen LogP contribution >= 0.6 is 0 Å². The van der Waals surface area contributed by atoms with Crippen molar-refractivity contribution >= 4 is 16.9 Å². The predicted octanol–water partition coefficient (Wildman–Crippen LogP) is 4.31. The summed E-state index contributed by atoms with van der Waals surface area (Å²) in [6.45, 7) is 2.68. The summed E-state index contributed by atoms with van der Waals surface area (Å²) in [5.74, 6) is -0.0714. The Bertz CT molecular complexity index is 1080. The van der Waals surface area contributed by atoms with Gasteiger partial charge in [0.2, 0.25) is 0 Å². The zero-order valence-electron chi connectivity index (χ0n) is 15.2. The van der Waals surface area contributed by atoms with E-state index in [0.29, 0.717) is 12.1 Å². The molecule has 0 saturated carbocycles. The lowest BCUT2D eigenvalue weighted by Gasteiger charge is -2.07. The summed E-state index contributed by atoms with van der Waals surface area (Å²) in [6.07, 6.45) is 2.62. The van der Waals surface area contributed by atoms with E-state index in [0.717, 1.165) is 23.1 Å². The lowest BCUT2D eigenvalue weighted by molar-refractivity contribution is 0.0954. The first-order valence-corrected chi connectivity index (χ1v) is 9.07. The molecule has 0 unspecified atom stereocenters. The molecule has 0 bridgehead atoms. The molecule has 4 aromatic rings. The van der Waals surface area contributed by atoms with Gasteiger partial charge < -0.3 is 5.32 Å². The number of hydrogen-bond donors (Lipinski definition) is 1. The van der Waals surface area contributed by atoms with E-state index in [4.69, 9.17) is 0 Å². The van der Waals surface area contributed by atoms with Crippen LogP contribution in [0.4, 0.5) is 0 Å². The van der Waals surface area contributed by atoms with Gasteiger partial charge in [-0.25, -0.2) is 4.98 Å². The van der Waals surface area contributed by atoms with E-state index >= 15 is 0 Å². The van der Waals surface area contributed by atoms with Crippen LogP contribution in [0.2, 0.25) is 0 Å². The van der Waals surface area contributed by atoms with Gasteiger partial charge in [-0.2, -0.15) is 0 Å². The molecular formula is C23H21N3O. The summed E-state index contributed by atoms with van der Waals surface area (Å²) in [6, 6.07) is 24.1. The minimum Gasteiger partial charge on any atom is -0.352 e. The van der Waals surface area contributed by atoms with Crippen molar-refractivity contribution in [1.29, 1.82) is 0 Å². The van der Waals surface area contributed by atoms with Crippen molar-refractivity contribution in [2.75, 3.05) is 6.54 Å². The minimum absolute atomic E-state index is 0.0714. The number of carbonyl (C=O) groups is 1. The molecule has 0 aliphatic rings. The van der Waals surface area contributed by atoms with Gasteiger partial charge >= 0.3 is 0 Å². The van der Waals surface area contributed by atoms with Gasteiger partial charge in [-0.1, -0.05) is 42.5 Å². The summed E-state index contributed by atoms with van der Waals surface area (Å²) in [4.78, 5) is 16.9. The Hall–Kier alpha value is -3.40. The van der Waals surface area contributed by atoms with E-state index in [1.165, 1.54) is 11.1 Å². The van der Waals surface area contributed by atoms with Crippen molar-refractivity contribution in [3.63, 3.8) is 0 Å². The fraction of sp³-hybridized carbons (Fsp3) is 0.130. The van der Waals surface area contributed by atoms with Crippen LogP contribution in [0, 0.1) is 6.92 Å². The summed E-state index contributed by atoms with van der Waals surface area (Å²) < 4.78 is 2.04. The molecule has 3 aromatic carbocycles. The number of aryl methyl sites for hydroxylation is 1. The van der Waals surface area contributed by atoms with Crippen molar-refractivity contribution < 1.29 is 4.79 Å². The number of aromatic nitrogens is 2. The number of imidazole rings is 1. The third kappa shape index (κ3) is 3.75. The maximum atomic E-state index is 12.5. The first kappa shape index (κ1) is 17.0. The molecule has 1 heterocycles. The van der Waals surface area contributed by atoms with Crippen LogP contribution in [0.1, 0.15) is 21.5 Å². The van der Waals surface area contributed by atoms with Crippen LogP contribution in [0.25, 0.3) is 16.7 Å². The highest BCUT2D eigenvalue weighted by atomic mass is 16.1. The lowest BCUT2D eigenvalue weighted by atomic mass is 10.1. The van der Waals surface area contributed by atoms with Crippen LogP contribution < -0.4 is 5.32 Å². The summed E-state index contributed by atoms with van der Waals surface area (Å²) in [7, 11) is 0. The van der Waals surface area contributed by atoms with Crippen LogP contribution in [0.5, 0.6) is 0 Å². The highest BCUT2D eigenvalue weighted by Gasteiger charge is 2.10. The molecular weight excluding hydrogens is 334 g/mol. The highest BCUT2D eigenvalue weighted by Crippen LogP contribution is 2.20. The summed E-state index contributed by atoms with van der Waals surface area (Å²) in [5, 5.41) is 2.98. The Labute approximate surface area is 158 Å². The van der Waals surface area contributed by atoms with Gasteiger partial charge in [-0.05, 0) is 54.8 Å². The van der Waals surface area contributed by atoms with E-state index in [9.17, 15) is 4.79 Å². The molecule has 1 N–H and O–H groups in total. The third-order valence-corrected chi connectivity index (χ3v) is 4.63. The predicted molar refractivity (Wildman–Crippen MR) is 108 cm³/mol. The molecule has 0 radical (unpaired) electrons. The first-order chi connectivity index (χ1) is 13.2. The zero-order valence-corrected chi connectivity index (χ0v) is 15.2. The second-order valence-corrected chi connectivity index (χ2v) is 6.65. The largest absolute Gasteiger partial charge is 0.352 e. The Morgan fingerprint density at radius 2 is 1.85 bits per heavy atom. The fourth-order valence-electron chi connectivity index (χ4n) is 3.20. The van der Waals surface area contributed by atoms with Crippen LogP contribution in [-0.2, 0) is 6.42 Å². The van der Waals surface area contributed by atoms with Gasteiger partial charge in [-0.3, -0.25) is 9.36 Å². The number of amides is 1. The topological polar surface area (TPSA) is 46.9 Å². The van der Waals surface area contributed by atoms with Crippen LogP contribution in [0.15, 0.2) is 79.1 Å². The molecule has 0 aliphatic heterocycles. The fourth-order valence-corrected chi connectivity index (χ4v) is 3.20. The van der Waals surface area contributed by atoms with E-state index in [-0.39, 0.29) is 5.91 Å². The average Bonchev–Trinajstić information content (AvgIpc) is 3.12. The minimum atomic E-state index is -0.0714. The standard InChI is InChI=1S/C23H21N3O/c1-17-6-5-9-20(14-17)26-16-25-21-15-19(10-11-22(21)26)23(27)24-13-12-18-7-3-2-4-8-18/h2-11,14-16H,12-13H2,1H3,(H,24,27). The molecule has 27 heavy (non-hydrogen) atoms. The summed E-state index contributed by atoms with van der Waals surface area (Å²) >= 11 is 0. The van der Waals surface area contributed by atoms with Crippen molar-refractivity contribution in [1.82, 2.24) is 14.9 Å². The maximum absolute atomic E-state index is 12.5. The molecule has 4 heteroatoms. The Morgan fingerprint density at radius 1 is 1.00 bits per heavy atom. The van der Waals surface area contributed by atoms with E-state index in [2.05, 4.69) is 47.6 Å². The van der Waals surface area contributed by atoms with Gasteiger partial charge in [-0.15, -0.1) is 0 Å². The van der Waals surface area contributed by atoms with Crippen molar-refractivity contribution in [2.24, 2.45) is 0 Å². The summed E-state index contributed by atoms with van der Waals surface area (Å²) in [5.41, 5.74) is 5.91. The normalized spacial score (nSPS) is 10.9. The van der Waals surface area contributed by atoms with E-state index < -0.39 is 0 Å². The number of nitrogens with zero attached hydrogens (tertiary/aromatic N) is 2. The number of nitrogens with one attached hydrogen (secondary N) is 1. The number of fused-ring (bicyclic) bond motifs is 1. The molecule has 4 rings (SSSR count). The number of benzene rings is 3. The second kappa shape index (κ2) is 7.46. The SMILES string of the molecule is Cc1cccc(-n2cnc3cc(C(=O)NCCc4ccccc4)ccc32)c1. The number of rotatable bonds is 5. The highest BCUT2D eigenvalue weighted by molar-refractivity contribution is 5.97. The zero-order chi connectivity index (χ0) is 18.6. The first-order valence-electron chi connectivity index (χ1n) is 9.07. The Kier molecular flexibility index (Phi) is 4.71. The van der Waals surface area contributed by atoms with Crippen molar-refractivity contribution in [3.8, 4) is 5.69 Å². The van der Waals surface area contributed by atoms with Gasteiger partial charge in [0.25, 0.3) is 5.91 Å². The van der Waals surface area contributed by atoms with E-state index in [1.54, 1.807) is 6.33 Å². The molecule has 0 fully saturated rings. The van der Waals surface area contributed by atoms with Gasteiger partial charge in [0.1, 0.15) is 6.33 Å². The number of carbonyl (C=O) groups excluding carboxylic acids is 1. The average molecular weight is 355 g/mol. The lowest BCUT2D eigenvalue weighted by Crippen LogP contribution is -2.25. The van der Waals surface area contributed by atoms with Crippen molar-refractivity contribution in [3.05, 3.63) is 95.8 Å². The molecule has 0 spiro atoms. The van der Waals surface area contributed by atoms with E-state index in [1.807, 2.05) is 47.0 Å². The third-order valence-electron chi connectivity index (χ3n) is 4.63. The molecule has 1 aromatic heterocycles. The molecule has 4 nitrogen and oxygen atoms in total. The van der Waals surface area contributed by atoms with Crippen LogP contribution in [0.3, 0.4) is 0 Å². The second-order valence-electron chi connectivity index (χ2n) is 6.65. The van der Waals surface area contributed by atoms with Crippen molar-refractivity contribution in [2.45, 2.75) is 13.3 Å². The van der Waals surface area contributed by atoms with Crippen LogP contribution in [-0.4, -0.2) is 22.0 Å². The smallest absolute Gasteiger partial charge is 0.251 e. The van der Waals surface area contributed by atoms with Gasteiger partial charge in [0.05, 0.1) is 11.0 Å². The molecule has 0 saturated heterocycles. The number of hydrogen-bond acceptors (Lipinski definition) is 2. The molecule has 0 aliphatic carbocycles. The molecule has 134 valence electrons. The quantitative estimate of drug-likeness (QED) is 0.580. The monoisotopic (exact) mass is 355 g/mol. The molecule has 0 atom stereocenters. The Morgan fingerprint density at radius 3 is 2.67 bits per heavy atom.